The molecule has 44 heavy (non-hydrogen) atoms. The highest BCUT2D eigenvalue weighted by molar-refractivity contribution is 7.14. The number of nitrogens with one attached hydrogen (secondary N) is 1. The van der Waals surface area contributed by atoms with E-state index >= 15 is 0 Å². The van der Waals surface area contributed by atoms with Crippen molar-refractivity contribution in [2.24, 2.45) is 0 Å². The van der Waals surface area contributed by atoms with Crippen LogP contribution in [0.1, 0.15) is 35.6 Å². The predicted octanol–water partition coefficient (Wildman–Crippen LogP) is 8.45. The zero-order valence-electron chi connectivity index (χ0n) is 24.6. The lowest BCUT2D eigenvalue weighted by Crippen LogP contribution is -2.25. The van der Waals surface area contributed by atoms with Gasteiger partial charge in [0.2, 0.25) is 0 Å². The normalized spacial score (nSPS) is 10.9. The maximum Gasteiger partial charge on any atom is 0.306 e. The van der Waals surface area contributed by atoms with Crippen molar-refractivity contribution in [3.8, 4) is 11.3 Å². The van der Waals surface area contributed by atoms with Crippen molar-refractivity contribution in [2.45, 2.75) is 39.3 Å². The van der Waals surface area contributed by atoms with Crippen LogP contribution < -0.4 is 10.2 Å². The topological polar surface area (TPSA) is 54.5 Å². The highest BCUT2D eigenvalue weighted by Gasteiger charge is 2.15. The lowest BCUT2D eigenvalue weighted by molar-refractivity contribution is -0.143. The summed E-state index contributed by atoms with van der Waals surface area (Å²) in [6, 6.07) is 31.4. The highest BCUT2D eigenvalue weighted by Crippen LogP contribution is 2.29. The summed E-state index contributed by atoms with van der Waals surface area (Å²) in [6.07, 6.45) is 0.786. The second-order valence-electron chi connectivity index (χ2n) is 10.4. The van der Waals surface area contributed by atoms with Crippen LogP contribution in [-0.2, 0) is 35.5 Å². The number of aromatic nitrogens is 1. The molecule has 8 heteroatoms. The van der Waals surface area contributed by atoms with Crippen molar-refractivity contribution in [3.63, 3.8) is 0 Å². The first-order valence-electron chi connectivity index (χ1n) is 14.7. The van der Waals surface area contributed by atoms with E-state index in [1.165, 1.54) is 17.7 Å². The molecule has 0 radical (unpaired) electrons. The zero-order valence-corrected chi connectivity index (χ0v) is 25.5. The van der Waals surface area contributed by atoms with Crippen molar-refractivity contribution >= 4 is 28.1 Å². The van der Waals surface area contributed by atoms with Crippen molar-refractivity contribution in [3.05, 3.63) is 136 Å². The summed E-state index contributed by atoms with van der Waals surface area (Å²) in [5.74, 6) is -1.83. The molecule has 5 rings (SSSR count). The molecule has 0 aliphatic rings. The number of ether oxygens (including phenoxy) is 1. The Kier molecular flexibility index (Phi) is 10.7. The number of carbonyl (C=O) groups excluding carboxylic acids is 1. The van der Waals surface area contributed by atoms with Gasteiger partial charge in [-0.2, -0.15) is 0 Å². The molecule has 0 amide bonds. The fraction of sp³-hybridized carbons (Fsp3) is 0.222. The molecule has 1 heterocycles. The van der Waals surface area contributed by atoms with Gasteiger partial charge in [-0.25, -0.2) is 13.8 Å². The Bertz CT molecular complexity index is 1620. The number of carbonyl (C=O) groups is 1. The third kappa shape index (κ3) is 8.51. The van der Waals surface area contributed by atoms with Gasteiger partial charge < -0.3 is 15.0 Å². The Morgan fingerprint density at radius 1 is 0.864 bits per heavy atom. The SMILES string of the molecule is CCOC(=O)CCc1c(F)cc(NCc2ccc(CN(CCc3ccccc3)c3nc(-c4ccccc4)cs3)cc2)cc1F. The summed E-state index contributed by atoms with van der Waals surface area (Å²) in [4.78, 5) is 18.9. The number of hydrogen-bond acceptors (Lipinski definition) is 6. The Balaban J connectivity index is 1.23. The van der Waals surface area contributed by atoms with E-state index in [-0.39, 0.29) is 25.0 Å². The van der Waals surface area contributed by atoms with Crippen LogP contribution in [0.5, 0.6) is 0 Å². The molecular weight excluding hydrogens is 576 g/mol. The molecule has 0 aliphatic heterocycles. The number of esters is 1. The average Bonchev–Trinajstić information content (AvgIpc) is 3.54. The van der Waals surface area contributed by atoms with Crippen molar-refractivity contribution in [1.82, 2.24) is 4.98 Å². The summed E-state index contributed by atoms with van der Waals surface area (Å²) in [7, 11) is 0. The van der Waals surface area contributed by atoms with Crippen LogP contribution >= 0.6 is 11.3 Å². The fourth-order valence-corrected chi connectivity index (χ4v) is 5.76. The summed E-state index contributed by atoms with van der Waals surface area (Å²) >= 11 is 1.65. The number of rotatable bonds is 14. The molecule has 226 valence electrons. The smallest absolute Gasteiger partial charge is 0.306 e. The van der Waals surface area contributed by atoms with Crippen LogP contribution in [0, 0.1) is 11.6 Å². The van der Waals surface area contributed by atoms with Crippen LogP contribution in [0.2, 0.25) is 0 Å². The van der Waals surface area contributed by atoms with Gasteiger partial charge in [0.05, 0.1) is 12.3 Å². The van der Waals surface area contributed by atoms with Gasteiger partial charge in [-0.3, -0.25) is 4.79 Å². The van der Waals surface area contributed by atoms with Crippen LogP contribution in [0.3, 0.4) is 0 Å². The molecule has 0 saturated carbocycles. The van der Waals surface area contributed by atoms with Gasteiger partial charge in [0.15, 0.2) is 5.13 Å². The van der Waals surface area contributed by atoms with Crippen LogP contribution in [0.4, 0.5) is 19.6 Å². The number of halogens is 2. The number of benzene rings is 4. The Labute approximate surface area is 261 Å². The lowest BCUT2D eigenvalue weighted by atomic mass is 10.1. The van der Waals surface area contributed by atoms with Gasteiger partial charge in [-0.15, -0.1) is 11.3 Å². The molecule has 0 fully saturated rings. The molecule has 1 aromatic heterocycles. The van der Waals surface area contributed by atoms with Crippen molar-refractivity contribution in [2.75, 3.05) is 23.4 Å². The van der Waals surface area contributed by atoms with Gasteiger partial charge >= 0.3 is 5.97 Å². The lowest BCUT2D eigenvalue weighted by Gasteiger charge is -2.22. The minimum Gasteiger partial charge on any atom is -0.466 e. The van der Waals surface area contributed by atoms with Crippen molar-refractivity contribution in [1.29, 1.82) is 0 Å². The van der Waals surface area contributed by atoms with E-state index in [0.29, 0.717) is 18.8 Å². The third-order valence-corrected chi connectivity index (χ3v) is 8.17. The van der Waals surface area contributed by atoms with E-state index in [0.717, 1.165) is 40.5 Å². The molecule has 4 aromatic carbocycles. The van der Waals surface area contributed by atoms with Gasteiger partial charge in [0.1, 0.15) is 11.6 Å². The van der Waals surface area contributed by atoms with Gasteiger partial charge in [-0.1, -0.05) is 84.9 Å². The molecule has 0 aliphatic carbocycles. The number of thiazole rings is 1. The van der Waals surface area contributed by atoms with Gasteiger partial charge in [-0.05, 0) is 48.6 Å². The summed E-state index contributed by atoms with van der Waals surface area (Å²) in [6.45, 7) is 3.86. The first kappa shape index (κ1) is 30.9. The average molecular weight is 612 g/mol. The minimum atomic E-state index is -0.680. The van der Waals surface area contributed by atoms with E-state index in [9.17, 15) is 13.6 Å². The molecule has 5 aromatic rings. The van der Waals surface area contributed by atoms with E-state index in [1.807, 2.05) is 36.4 Å². The summed E-state index contributed by atoms with van der Waals surface area (Å²) in [5, 5.41) is 6.18. The van der Waals surface area contributed by atoms with Crippen molar-refractivity contribution < 1.29 is 18.3 Å². The molecule has 0 saturated heterocycles. The standard InChI is InChI=1S/C36H35F2N3O2S/c1-2-43-35(42)18-17-31-32(37)21-30(22-33(31)38)39-23-27-13-15-28(16-14-27)24-41(20-19-26-9-5-3-6-10-26)36-40-34(25-44-36)29-11-7-4-8-12-29/h3-16,21-22,25,39H,2,17-20,23-24H2,1H3. The van der Waals surface area contributed by atoms with E-state index in [2.05, 4.69) is 64.1 Å². The number of anilines is 2. The predicted molar refractivity (Wildman–Crippen MR) is 174 cm³/mol. The zero-order chi connectivity index (χ0) is 30.7. The second kappa shape index (κ2) is 15.3. The first-order chi connectivity index (χ1) is 21.5. The van der Waals surface area contributed by atoms with E-state index in [4.69, 9.17) is 9.72 Å². The van der Waals surface area contributed by atoms with E-state index < -0.39 is 17.6 Å². The third-order valence-electron chi connectivity index (χ3n) is 7.26. The molecule has 0 spiro atoms. The molecular formula is C36H35F2N3O2S. The maximum absolute atomic E-state index is 14.6. The van der Waals surface area contributed by atoms with Crippen LogP contribution in [0.25, 0.3) is 11.3 Å². The van der Waals surface area contributed by atoms with Gasteiger partial charge in [0.25, 0.3) is 0 Å². The molecule has 0 unspecified atom stereocenters. The Morgan fingerprint density at radius 2 is 1.52 bits per heavy atom. The van der Waals surface area contributed by atoms with E-state index in [1.54, 1.807) is 18.3 Å². The summed E-state index contributed by atoms with van der Waals surface area (Å²) in [5.41, 5.74) is 5.70. The summed E-state index contributed by atoms with van der Waals surface area (Å²) < 4.78 is 34.1. The maximum atomic E-state index is 14.6. The van der Waals surface area contributed by atoms with Gasteiger partial charge in [0, 0.05) is 48.2 Å². The number of hydrogen-bond donors (Lipinski definition) is 1. The van der Waals surface area contributed by atoms with Crippen LogP contribution in [0.15, 0.2) is 102 Å². The highest BCUT2D eigenvalue weighted by atomic mass is 32.1. The largest absolute Gasteiger partial charge is 0.466 e. The Morgan fingerprint density at radius 3 is 2.20 bits per heavy atom. The minimum absolute atomic E-state index is 0.0465. The molecule has 5 nitrogen and oxygen atoms in total. The number of nitrogens with zero attached hydrogens (tertiary/aromatic N) is 2. The van der Waals surface area contributed by atoms with Crippen LogP contribution in [-0.4, -0.2) is 24.1 Å². The second-order valence-corrected chi connectivity index (χ2v) is 11.3. The monoisotopic (exact) mass is 611 g/mol. The fourth-order valence-electron chi connectivity index (χ4n) is 4.89. The quantitative estimate of drug-likeness (QED) is 0.128. The molecule has 0 atom stereocenters. The molecule has 0 bridgehead atoms. The first-order valence-corrected chi connectivity index (χ1v) is 15.6. The molecule has 1 N–H and O–H groups in total. The Hall–Kier alpha value is -4.56.